The molecule has 2 aromatic rings. The first-order valence-corrected chi connectivity index (χ1v) is 8.70. The predicted molar refractivity (Wildman–Crippen MR) is 95.3 cm³/mol. The van der Waals surface area contributed by atoms with Gasteiger partial charge in [-0.15, -0.1) is 0 Å². The largest absolute Gasteiger partial charge is 0.352 e. The molecule has 0 saturated carbocycles. The van der Waals surface area contributed by atoms with Crippen LogP contribution in [0.3, 0.4) is 0 Å². The fraction of sp³-hybridized carbons (Fsp3) is 0.368. The van der Waals surface area contributed by atoms with Crippen LogP contribution in [-0.4, -0.2) is 52.7 Å². The number of allylic oxidation sites excluding steroid dienone is 1. The fourth-order valence-corrected chi connectivity index (χ4v) is 3.53. The molecule has 6 nitrogen and oxygen atoms in total. The Morgan fingerprint density at radius 1 is 1.00 bits per heavy atom. The highest BCUT2D eigenvalue weighted by Gasteiger charge is 2.26. The molecule has 1 saturated heterocycles. The van der Waals surface area contributed by atoms with Crippen LogP contribution in [0.25, 0.3) is 10.9 Å². The van der Waals surface area contributed by atoms with Crippen LogP contribution in [0.4, 0.5) is 5.82 Å². The number of nitrogens with zero attached hydrogens (tertiary/aromatic N) is 4. The zero-order chi connectivity index (χ0) is 17.2. The molecule has 128 valence electrons. The summed E-state index contributed by atoms with van der Waals surface area (Å²) in [6.45, 7) is 2.74. The molecule has 1 fully saturated rings. The van der Waals surface area contributed by atoms with Crippen molar-refractivity contribution in [2.75, 3.05) is 31.1 Å². The lowest BCUT2D eigenvalue weighted by Crippen LogP contribution is -2.49. The summed E-state index contributed by atoms with van der Waals surface area (Å²) in [5.74, 6) is 1.01. The third kappa shape index (κ3) is 3.12. The highest BCUT2D eigenvalue weighted by molar-refractivity contribution is 6.03. The van der Waals surface area contributed by atoms with Gasteiger partial charge in [0.15, 0.2) is 5.78 Å². The van der Waals surface area contributed by atoms with E-state index in [4.69, 9.17) is 0 Å². The molecular weight excluding hydrogens is 316 g/mol. The Morgan fingerprint density at radius 2 is 1.80 bits per heavy atom. The van der Waals surface area contributed by atoms with Gasteiger partial charge < -0.3 is 9.80 Å². The first kappa shape index (κ1) is 15.7. The van der Waals surface area contributed by atoms with Crippen molar-refractivity contribution in [1.29, 1.82) is 0 Å². The molecule has 1 amide bonds. The lowest BCUT2D eigenvalue weighted by molar-refractivity contribution is -0.128. The average molecular weight is 336 g/mol. The summed E-state index contributed by atoms with van der Waals surface area (Å²) in [5.41, 5.74) is 1.59. The van der Waals surface area contributed by atoms with Gasteiger partial charge >= 0.3 is 0 Å². The molecule has 1 aromatic carbocycles. The van der Waals surface area contributed by atoms with Crippen LogP contribution < -0.4 is 4.90 Å². The number of anilines is 1. The first-order chi connectivity index (χ1) is 12.2. The van der Waals surface area contributed by atoms with E-state index in [1.807, 2.05) is 29.2 Å². The molecule has 4 rings (SSSR count). The Kier molecular flexibility index (Phi) is 4.17. The number of aromatic nitrogens is 2. The highest BCUT2D eigenvalue weighted by Crippen LogP contribution is 2.24. The zero-order valence-corrected chi connectivity index (χ0v) is 14.0. The SMILES string of the molecule is O=C1C=C(C(=O)N2CCN(c3ncnc4ccccc34)CC2)CCC1. The third-order valence-electron chi connectivity index (χ3n) is 4.87. The molecular formula is C19H20N4O2. The van der Waals surface area contributed by atoms with Gasteiger partial charge in [0.25, 0.3) is 0 Å². The van der Waals surface area contributed by atoms with Gasteiger partial charge in [-0.2, -0.15) is 0 Å². The average Bonchev–Trinajstić information content (AvgIpc) is 2.67. The molecule has 0 N–H and O–H groups in total. The second-order valence-corrected chi connectivity index (χ2v) is 6.48. The van der Waals surface area contributed by atoms with Gasteiger partial charge in [0, 0.05) is 43.6 Å². The van der Waals surface area contributed by atoms with E-state index in [0.717, 1.165) is 36.2 Å². The van der Waals surface area contributed by atoms with Crippen molar-refractivity contribution < 1.29 is 9.59 Å². The van der Waals surface area contributed by atoms with Crippen LogP contribution in [0, 0.1) is 0 Å². The van der Waals surface area contributed by atoms with Crippen LogP contribution >= 0.6 is 0 Å². The van der Waals surface area contributed by atoms with E-state index in [1.165, 1.54) is 6.08 Å². The Labute approximate surface area is 146 Å². The number of ketones is 1. The molecule has 0 bridgehead atoms. The molecule has 0 unspecified atom stereocenters. The molecule has 0 spiro atoms. The molecule has 25 heavy (non-hydrogen) atoms. The highest BCUT2D eigenvalue weighted by atomic mass is 16.2. The summed E-state index contributed by atoms with van der Waals surface area (Å²) in [6, 6.07) is 7.96. The van der Waals surface area contributed by atoms with Gasteiger partial charge in [-0.1, -0.05) is 12.1 Å². The summed E-state index contributed by atoms with van der Waals surface area (Å²) < 4.78 is 0. The van der Waals surface area contributed by atoms with Crippen LogP contribution in [0.5, 0.6) is 0 Å². The molecule has 6 heteroatoms. The van der Waals surface area contributed by atoms with Crippen LogP contribution in [-0.2, 0) is 9.59 Å². The molecule has 0 radical (unpaired) electrons. The standard InChI is InChI=1S/C19H20N4O2/c24-15-5-3-4-14(12-15)19(25)23-10-8-22(9-11-23)18-16-6-1-2-7-17(16)20-13-21-18/h1-2,6-7,12-13H,3-5,8-11H2. The lowest BCUT2D eigenvalue weighted by Gasteiger charge is -2.36. The Morgan fingerprint density at radius 3 is 2.60 bits per heavy atom. The van der Waals surface area contributed by atoms with Crippen molar-refractivity contribution in [2.45, 2.75) is 19.3 Å². The number of benzene rings is 1. The van der Waals surface area contributed by atoms with E-state index in [-0.39, 0.29) is 11.7 Å². The number of piperazine rings is 1. The van der Waals surface area contributed by atoms with Gasteiger partial charge in [0.1, 0.15) is 12.1 Å². The number of para-hydroxylation sites is 1. The Balaban J connectivity index is 1.48. The maximum Gasteiger partial charge on any atom is 0.250 e. The molecule has 2 aliphatic rings. The maximum atomic E-state index is 12.6. The van der Waals surface area contributed by atoms with Crippen molar-refractivity contribution in [3.63, 3.8) is 0 Å². The summed E-state index contributed by atoms with van der Waals surface area (Å²) in [7, 11) is 0. The topological polar surface area (TPSA) is 66.4 Å². The van der Waals surface area contributed by atoms with Gasteiger partial charge in [0.2, 0.25) is 5.91 Å². The van der Waals surface area contributed by atoms with Crippen molar-refractivity contribution in [2.24, 2.45) is 0 Å². The maximum absolute atomic E-state index is 12.6. The van der Waals surface area contributed by atoms with E-state index in [0.29, 0.717) is 31.5 Å². The number of rotatable bonds is 2. The quantitative estimate of drug-likeness (QED) is 0.839. The molecule has 1 aromatic heterocycles. The van der Waals surface area contributed by atoms with Gasteiger partial charge in [-0.3, -0.25) is 9.59 Å². The minimum absolute atomic E-state index is 0.0141. The summed E-state index contributed by atoms with van der Waals surface area (Å²) in [5, 5.41) is 1.03. The second kappa shape index (κ2) is 6.63. The van der Waals surface area contributed by atoms with Gasteiger partial charge in [0.05, 0.1) is 5.52 Å². The third-order valence-corrected chi connectivity index (χ3v) is 4.87. The Hall–Kier alpha value is -2.76. The smallest absolute Gasteiger partial charge is 0.250 e. The minimum Gasteiger partial charge on any atom is -0.352 e. The summed E-state index contributed by atoms with van der Waals surface area (Å²) in [6.07, 6.45) is 5.18. The van der Waals surface area contributed by atoms with E-state index in [1.54, 1.807) is 6.33 Å². The van der Waals surface area contributed by atoms with Crippen molar-refractivity contribution in [3.8, 4) is 0 Å². The van der Waals surface area contributed by atoms with Crippen molar-refractivity contribution in [3.05, 3.63) is 42.2 Å². The van der Waals surface area contributed by atoms with Gasteiger partial charge in [-0.25, -0.2) is 9.97 Å². The lowest BCUT2D eigenvalue weighted by atomic mass is 9.97. The monoisotopic (exact) mass is 336 g/mol. The molecule has 2 heterocycles. The molecule has 1 aliphatic carbocycles. The zero-order valence-electron chi connectivity index (χ0n) is 14.0. The van der Waals surface area contributed by atoms with Crippen molar-refractivity contribution in [1.82, 2.24) is 14.9 Å². The van der Waals surface area contributed by atoms with E-state index in [2.05, 4.69) is 14.9 Å². The molecule has 0 atom stereocenters. The second-order valence-electron chi connectivity index (χ2n) is 6.48. The van der Waals surface area contributed by atoms with E-state index >= 15 is 0 Å². The first-order valence-electron chi connectivity index (χ1n) is 8.70. The number of carbonyl (C=O) groups excluding carboxylic acids is 2. The number of amides is 1. The summed E-state index contributed by atoms with van der Waals surface area (Å²) in [4.78, 5) is 37.0. The van der Waals surface area contributed by atoms with Crippen molar-refractivity contribution >= 4 is 28.4 Å². The number of fused-ring (bicyclic) bond motifs is 1. The van der Waals surface area contributed by atoms with Crippen LogP contribution in [0.2, 0.25) is 0 Å². The van der Waals surface area contributed by atoms with Crippen LogP contribution in [0.15, 0.2) is 42.2 Å². The number of carbonyl (C=O) groups is 2. The fourth-order valence-electron chi connectivity index (χ4n) is 3.53. The summed E-state index contributed by atoms with van der Waals surface area (Å²) >= 11 is 0. The van der Waals surface area contributed by atoms with E-state index in [9.17, 15) is 9.59 Å². The normalized spacial score (nSPS) is 18.4. The number of hydrogen-bond donors (Lipinski definition) is 0. The number of hydrogen-bond acceptors (Lipinski definition) is 5. The Bertz CT molecular complexity index is 848. The minimum atomic E-state index is 0.0141. The van der Waals surface area contributed by atoms with Gasteiger partial charge in [-0.05, 0) is 31.1 Å². The predicted octanol–water partition coefficient (Wildman–Crippen LogP) is 1.96. The van der Waals surface area contributed by atoms with Crippen LogP contribution in [0.1, 0.15) is 19.3 Å². The van der Waals surface area contributed by atoms with E-state index < -0.39 is 0 Å². The molecule has 1 aliphatic heterocycles.